The summed E-state index contributed by atoms with van der Waals surface area (Å²) in [6.45, 7) is 8.85. The van der Waals surface area contributed by atoms with Gasteiger partial charge in [0.1, 0.15) is 0 Å². The lowest BCUT2D eigenvalue weighted by molar-refractivity contribution is 0.349. The molecule has 0 bridgehead atoms. The molecule has 0 aliphatic carbocycles. The minimum absolute atomic E-state index is 0.134. The van der Waals surface area contributed by atoms with Gasteiger partial charge in [-0.25, -0.2) is 0 Å². The first-order valence-electron chi connectivity index (χ1n) is 5.81. The highest BCUT2D eigenvalue weighted by Crippen LogP contribution is 2.30. The van der Waals surface area contributed by atoms with E-state index >= 15 is 0 Å². The molecule has 1 unspecified atom stereocenters. The Balaban J connectivity index is 2.70. The normalized spacial score (nSPS) is 13.9. The number of hydrogen-bond donors (Lipinski definition) is 1. The van der Waals surface area contributed by atoms with Crippen LogP contribution in [0.1, 0.15) is 50.8 Å². The van der Waals surface area contributed by atoms with Gasteiger partial charge in [-0.05, 0) is 42.4 Å². The van der Waals surface area contributed by atoms with Crippen molar-refractivity contribution >= 4 is 15.9 Å². The Kier molecular flexibility index (Phi) is 4.57. The van der Waals surface area contributed by atoms with E-state index in [1.165, 1.54) is 11.1 Å². The Hall–Kier alpha value is -0.340. The molecule has 0 fully saturated rings. The van der Waals surface area contributed by atoms with Crippen molar-refractivity contribution in [2.75, 3.05) is 0 Å². The van der Waals surface area contributed by atoms with Crippen molar-refractivity contribution in [2.24, 2.45) is 11.1 Å². The van der Waals surface area contributed by atoms with Crippen LogP contribution in [0.15, 0.2) is 22.7 Å². The number of halogens is 1. The number of rotatable bonds is 3. The molecule has 0 amide bonds. The van der Waals surface area contributed by atoms with Crippen molar-refractivity contribution in [1.29, 1.82) is 0 Å². The number of nitrogens with two attached hydrogens (primary N) is 1. The fourth-order valence-corrected chi connectivity index (χ4v) is 2.46. The maximum atomic E-state index is 6.22. The summed E-state index contributed by atoms with van der Waals surface area (Å²) in [6.07, 6.45) is 2.18. The predicted molar refractivity (Wildman–Crippen MR) is 74.5 cm³/mol. The van der Waals surface area contributed by atoms with Gasteiger partial charge in [0.15, 0.2) is 0 Å². The topological polar surface area (TPSA) is 26.0 Å². The Morgan fingerprint density at radius 1 is 1.31 bits per heavy atom. The quantitative estimate of drug-likeness (QED) is 0.863. The summed E-state index contributed by atoms with van der Waals surface area (Å²) in [7, 11) is 0. The van der Waals surface area contributed by atoms with Crippen LogP contribution >= 0.6 is 15.9 Å². The van der Waals surface area contributed by atoms with E-state index < -0.39 is 0 Å². The fraction of sp³-hybridized carbons (Fsp3) is 0.571. The molecule has 1 aromatic rings. The first-order valence-corrected chi connectivity index (χ1v) is 6.60. The van der Waals surface area contributed by atoms with Crippen LogP contribution in [-0.4, -0.2) is 0 Å². The van der Waals surface area contributed by atoms with Crippen molar-refractivity contribution in [3.8, 4) is 0 Å². The summed E-state index contributed by atoms with van der Waals surface area (Å²) in [4.78, 5) is 0. The molecule has 0 spiro atoms. The van der Waals surface area contributed by atoms with Crippen molar-refractivity contribution in [2.45, 2.75) is 46.6 Å². The molecule has 0 aliphatic rings. The first kappa shape index (κ1) is 13.7. The molecule has 90 valence electrons. The van der Waals surface area contributed by atoms with Crippen molar-refractivity contribution in [3.05, 3.63) is 33.8 Å². The summed E-state index contributed by atoms with van der Waals surface area (Å²) in [6, 6.07) is 6.52. The molecule has 1 atom stereocenters. The lowest BCUT2D eigenvalue weighted by Crippen LogP contribution is -2.15. The van der Waals surface area contributed by atoms with Gasteiger partial charge < -0.3 is 5.73 Å². The third-order valence-electron chi connectivity index (χ3n) is 2.76. The van der Waals surface area contributed by atoms with E-state index in [4.69, 9.17) is 5.73 Å². The van der Waals surface area contributed by atoms with Crippen LogP contribution in [0.25, 0.3) is 0 Å². The smallest absolute Gasteiger partial charge is 0.0306 e. The van der Waals surface area contributed by atoms with Gasteiger partial charge in [0.25, 0.3) is 0 Å². The molecule has 0 saturated carbocycles. The van der Waals surface area contributed by atoms with E-state index in [0.717, 1.165) is 17.3 Å². The highest BCUT2D eigenvalue weighted by molar-refractivity contribution is 9.10. The second-order valence-corrected chi connectivity index (χ2v) is 6.59. The minimum atomic E-state index is 0.134. The minimum Gasteiger partial charge on any atom is -0.324 e. The molecule has 2 N–H and O–H groups in total. The molecule has 0 heterocycles. The highest BCUT2D eigenvalue weighted by Gasteiger charge is 2.15. The number of hydrogen-bond acceptors (Lipinski definition) is 1. The summed E-state index contributed by atoms with van der Waals surface area (Å²) in [5, 5.41) is 0. The van der Waals surface area contributed by atoms with Crippen LogP contribution in [0.5, 0.6) is 0 Å². The molecule has 0 saturated heterocycles. The zero-order valence-electron chi connectivity index (χ0n) is 10.7. The fourth-order valence-electron chi connectivity index (χ4n) is 1.68. The van der Waals surface area contributed by atoms with E-state index in [2.05, 4.69) is 61.8 Å². The predicted octanol–water partition coefficient (Wildman–Crippen LogP) is 4.58. The van der Waals surface area contributed by atoms with Gasteiger partial charge >= 0.3 is 0 Å². The van der Waals surface area contributed by atoms with Crippen LogP contribution in [-0.2, 0) is 0 Å². The average Bonchev–Trinajstić information content (AvgIpc) is 2.13. The molecule has 0 radical (unpaired) electrons. The number of aryl methyl sites for hydroxylation is 1. The molecular formula is C14H22BrN. The maximum absolute atomic E-state index is 6.22. The third kappa shape index (κ3) is 4.26. The third-order valence-corrected chi connectivity index (χ3v) is 3.45. The highest BCUT2D eigenvalue weighted by atomic mass is 79.9. The molecule has 0 aliphatic heterocycles. The van der Waals surface area contributed by atoms with Crippen LogP contribution in [0.4, 0.5) is 0 Å². The van der Waals surface area contributed by atoms with E-state index in [0.29, 0.717) is 5.41 Å². The largest absolute Gasteiger partial charge is 0.324 e. The summed E-state index contributed by atoms with van der Waals surface area (Å²) >= 11 is 3.59. The van der Waals surface area contributed by atoms with Crippen molar-refractivity contribution in [1.82, 2.24) is 0 Å². The molecule has 1 nitrogen and oxygen atoms in total. The number of benzene rings is 1. The second-order valence-electron chi connectivity index (χ2n) is 5.73. The van der Waals surface area contributed by atoms with Crippen LogP contribution in [0.3, 0.4) is 0 Å². The van der Waals surface area contributed by atoms with Gasteiger partial charge in [0.05, 0.1) is 0 Å². The van der Waals surface area contributed by atoms with Gasteiger partial charge in [-0.15, -0.1) is 0 Å². The van der Waals surface area contributed by atoms with E-state index in [1.54, 1.807) is 0 Å². The summed E-state index contributed by atoms with van der Waals surface area (Å²) in [5.41, 5.74) is 9.06. The Bertz CT molecular complexity index is 352. The Morgan fingerprint density at radius 3 is 2.44 bits per heavy atom. The SMILES string of the molecule is Cc1ccc(C(N)CCC(C)(C)C)c(Br)c1. The molecule has 0 aromatic heterocycles. The molecule has 2 heteroatoms. The lowest BCUT2D eigenvalue weighted by atomic mass is 9.87. The Morgan fingerprint density at radius 2 is 1.94 bits per heavy atom. The summed E-state index contributed by atoms with van der Waals surface area (Å²) in [5.74, 6) is 0. The van der Waals surface area contributed by atoms with Gasteiger partial charge in [-0.1, -0.05) is 48.8 Å². The molecule has 16 heavy (non-hydrogen) atoms. The summed E-state index contributed by atoms with van der Waals surface area (Å²) < 4.78 is 1.13. The maximum Gasteiger partial charge on any atom is 0.0306 e. The standard InChI is InChI=1S/C14H22BrN/c1-10-5-6-11(12(15)9-10)13(16)7-8-14(2,3)4/h5-6,9,13H,7-8,16H2,1-4H3. The van der Waals surface area contributed by atoms with Crippen LogP contribution in [0.2, 0.25) is 0 Å². The lowest BCUT2D eigenvalue weighted by Gasteiger charge is -2.21. The molecular weight excluding hydrogens is 262 g/mol. The van der Waals surface area contributed by atoms with Gasteiger partial charge in [0, 0.05) is 10.5 Å². The first-order chi connectivity index (χ1) is 7.29. The van der Waals surface area contributed by atoms with Crippen molar-refractivity contribution < 1.29 is 0 Å². The zero-order valence-corrected chi connectivity index (χ0v) is 12.3. The Labute approximate surface area is 108 Å². The van der Waals surface area contributed by atoms with Crippen LogP contribution < -0.4 is 5.73 Å². The zero-order chi connectivity index (χ0) is 12.3. The second kappa shape index (κ2) is 5.33. The van der Waals surface area contributed by atoms with Gasteiger partial charge in [0.2, 0.25) is 0 Å². The van der Waals surface area contributed by atoms with Gasteiger partial charge in [-0.2, -0.15) is 0 Å². The van der Waals surface area contributed by atoms with Gasteiger partial charge in [-0.3, -0.25) is 0 Å². The van der Waals surface area contributed by atoms with Crippen LogP contribution in [0, 0.1) is 12.3 Å². The van der Waals surface area contributed by atoms with E-state index in [-0.39, 0.29) is 6.04 Å². The van der Waals surface area contributed by atoms with E-state index in [1.807, 2.05) is 0 Å². The van der Waals surface area contributed by atoms with Crippen molar-refractivity contribution in [3.63, 3.8) is 0 Å². The molecule has 1 rings (SSSR count). The molecule has 1 aromatic carbocycles. The monoisotopic (exact) mass is 283 g/mol. The van der Waals surface area contributed by atoms with E-state index in [9.17, 15) is 0 Å². The average molecular weight is 284 g/mol.